The summed E-state index contributed by atoms with van der Waals surface area (Å²) in [5, 5.41) is 0. The number of hydrogen-bond donors (Lipinski definition) is 0. The van der Waals surface area contributed by atoms with Gasteiger partial charge in [-0.05, 0) is 33.3 Å². The predicted molar refractivity (Wildman–Crippen MR) is 105 cm³/mol. The smallest absolute Gasteiger partial charge is 0.356 e. The molecular formula is C17H28IO5P. The lowest BCUT2D eigenvalue weighted by atomic mass is 10.2. The summed E-state index contributed by atoms with van der Waals surface area (Å²) >= 11 is 2.23. The van der Waals surface area contributed by atoms with Crippen LogP contribution in [0.2, 0.25) is 0 Å². The van der Waals surface area contributed by atoms with Crippen LogP contribution in [0.5, 0.6) is 0 Å². The zero-order chi connectivity index (χ0) is 18.0. The van der Waals surface area contributed by atoms with Gasteiger partial charge in [-0.3, -0.25) is 4.57 Å². The van der Waals surface area contributed by atoms with Crippen LogP contribution in [-0.2, 0) is 29.7 Å². The Bertz CT molecular complexity index is 481. The molecule has 0 amide bonds. The van der Waals surface area contributed by atoms with Crippen molar-refractivity contribution in [2.75, 3.05) is 17.4 Å². The van der Waals surface area contributed by atoms with Gasteiger partial charge in [0.2, 0.25) is 0 Å². The number of alkyl halides is 1. The zero-order valence-electron chi connectivity index (χ0n) is 14.8. The van der Waals surface area contributed by atoms with Crippen LogP contribution in [0.4, 0.5) is 0 Å². The number of hydrogen-bond acceptors (Lipinski definition) is 5. The fraction of sp³-hybridized carbons (Fsp3) is 0.647. The van der Waals surface area contributed by atoms with Crippen LogP contribution in [0, 0.1) is 0 Å². The number of ether oxygens (including phenoxy) is 2. The van der Waals surface area contributed by atoms with E-state index in [4.69, 9.17) is 18.5 Å². The van der Waals surface area contributed by atoms with Crippen molar-refractivity contribution in [3.63, 3.8) is 0 Å². The van der Waals surface area contributed by atoms with Gasteiger partial charge < -0.3 is 18.5 Å². The SMILES string of the molecule is CC(C)OP(=O)(CO[C@H](CI)COCc1ccccc1)OC(C)C. The summed E-state index contributed by atoms with van der Waals surface area (Å²) in [5.74, 6) is 0. The highest BCUT2D eigenvalue weighted by Crippen LogP contribution is 2.50. The van der Waals surface area contributed by atoms with Gasteiger partial charge >= 0.3 is 7.60 Å². The van der Waals surface area contributed by atoms with Crippen molar-refractivity contribution in [1.82, 2.24) is 0 Å². The van der Waals surface area contributed by atoms with Gasteiger partial charge in [-0.25, -0.2) is 0 Å². The summed E-state index contributed by atoms with van der Waals surface area (Å²) < 4.78 is 35.9. The van der Waals surface area contributed by atoms with Crippen molar-refractivity contribution in [3.8, 4) is 0 Å². The van der Waals surface area contributed by atoms with Gasteiger partial charge in [-0.1, -0.05) is 52.9 Å². The number of rotatable bonds is 12. The maximum atomic E-state index is 12.7. The fourth-order valence-corrected chi connectivity index (χ4v) is 4.30. The van der Waals surface area contributed by atoms with Crippen LogP contribution in [0.25, 0.3) is 0 Å². The van der Waals surface area contributed by atoms with E-state index in [0.29, 0.717) is 13.2 Å². The lowest BCUT2D eigenvalue weighted by Gasteiger charge is -2.24. The van der Waals surface area contributed by atoms with E-state index in [0.717, 1.165) is 9.99 Å². The molecule has 0 bridgehead atoms. The van der Waals surface area contributed by atoms with E-state index in [2.05, 4.69) is 22.6 Å². The first-order valence-corrected chi connectivity index (χ1v) is 11.3. The highest BCUT2D eigenvalue weighted by molar-refractivity contribution is 14.1. The molecule has 0 heterocycles. The largest absolute Gasteiger partial charge is 0.374 e. The quantitative estimate of drug-likeness (QED) is 0.244. The molecule has 0 radical (unpaired) electrons. The van der Waals surface area contributed by atoms with Crippen LogP contribution in [0.3, 0.4) is 0 Å². The first-order chi connectivity index (χ1) is 11.3. The minimum absolute atomic E-state index is 0.0638. The summed E-state index contributed by atoms with van der Waals surface area (Å²) in [6.07, 6.45) is -0.601. The van der Waals surface area contributed by atoms with Crippen LogP contribution < -0.4 is 0 Å². The molecule has 0 aromatic heterocycles. The van der Waals surface area contributed by atoms with Crippen molar-refractivity contribution in [2.45, 2.75) is 52.6 Å². The van der Waals surface area contributed by atoms with Crippen LogP contribution in [-0.4, -0.2) is 35.7 Å². The van der Waals surface area contributed by atoms with Crippen molar-refractivity contribution in [3.05, 3.63) is 35.9 Å². The molecule has 0 saturated carbocycles. The highest BCUT2D eigenvalue weighted by atomic mass is 127. The Balaban J connectivity index is 2.45. The second-order valence-corrected chi connectivity index (χ2v) is 8.77. The zero-order valence-corrected chi connectivity index (χ0v) is 17.9. The summed E-state index contributed by atoms with van der Waals surface area (Å²) in [5.41, 5.74) is 1.11. The second-order valence-electron chi connectivity index (χ2n) is 5.99. The molecule has 1 atom stereocenters. The molecule has 0 N–H and O–H groups in total. The Kier molecular flexibility index (Phi) is 10.7. The summed E-state index contributed by atoms with van der Waals surface area (Å²) in [6.45, 7) is 8.27. The molecule has 24 heavy (non-hydrogen) atoms. The maximum Gasteiger partial charge on any atom is 0.356 e. The van der Waals surface area contributed by atoms with Crippen molar-refractivity contribution in [1.29, 1.82) is 0 Å². The highest BCUT2D eigenvalue weighted by Gasteiger charge is 2.29. The first-order valence-electron chi connectivity index (χ1n) is 8.09. The van der Waals surface area contributed by atoms with Gasteiger partial charge in [0.1, 0.15) is 6.35 Å². The third-order valence-electron chi connectivity index (χ3n) is 2.80. The fourth-order valence-electron chi connectivity index (χ4n) is 1.94. The predicted octanol–water partition coefficient (Wildman–Crippen LogP) is 5.02. The lowest BCUT2D eigenvalue weighted by Crippen LogP contribution is -2.23. The topological polar surface area (TPSA) is 54.0 Å². The molecule has 0 unspecified atom stereocenters. The molecule has 138 valence electrons. The Morgan fingerprint density at radius 1 is 1.04 bits per heavy atom. The lowest BCUT2D eigenvalue weighted by molar-refractivity contribution is -0.00166. The molecule has 0 aliphatic carbocycles. The third-order valence-corrected chi connectivity index (χ3v) is 5.73. The Morgan fingerprint density at radius 2 is 1.62 bits per heavy atom. The molecule has 1 aromatic carbocycles. The average molecular weight is 470 g/mol. The Labute approximate surface area is 159 Å². The average Bonchev–Trinajstić information content (AvgIpc) is 2.50. The van der Waals surface area contributed by atoms with E-state index < -0.39 is 7.60 Å². The van der Waals surface area contributed by atoms with Gasteiger partial charge in [-0.2, -0.15) is 0 Å². The molecular weight excluding hydrogens is 442 g/mol. The summed E-state index contributed by atoms with van der Waals surface area (Å²) in [4.78, 5) is 0. The van der Waals surface area contributed by atoms with Crippen molar-refractivity contribution in [2.24, 2.45) is 0 Å². The number of benzene rings is 1. The molecule has 5 nitrogen and oxygen atoms in total. The maximum absolute atomic E-state index is 12.7. The molecule has 1 rings (SSSR count). The molecule has 1 aromatic rings. The molecule has 0 spiro atoms. The summed E-state index contributed by atoms with van der Waals surface area (Å²) in [6, 6.07) is 9.96. The van der Waals surface area contributed by atoms with Crippen LogP contribution in [0.1, 0.15) is 33.3 Å². The third kappa shape index (κ3) is 9.49. The molecule has 0 saturated heterocycles. The van der Waals surface area contributed by atoms with Gasteiger partial charge in [0, 0.05) is 4.43 Å². The minimum atomic E-state index is -3.27. The minimum Gasteiger partial charge on any atom is -0.374 e. The van der Waals surface area contributed by atoms with E-state index in [-0.39, 0.29) is 24.7 Å². The van der Waals surface area contributed by atoms with E-state index in [9.17, 15) is 4.57 Å². The van der Waals surface area contributed by atoms with E-state index in [1.807, 2.05) is 58.0 Å². The normalized spacial score (nSPS) is 13.6. The van der Waals surface area contributed by atoms with Gasteiger partial charge in [0.25, 0.3) is 0 Å². The first kappa shape index (κ1) is 22.1. The van der Waals surface area contributed by atoms with Crippen LogP contribution in [0.15, 0.2) is 30.3 Å². The molecule has 7 heteroatoms. The molecule has 0 aliphatic heterocycles. The summed E-state index contributed by atoms with van der Waals surface area (Å²) in [7, 11) is -3.27. The standard InChI is InChI=1S/C17H28IO5P/c1-14(2)22-24(19,23-15(3)4)13-21-17(10-18)12-20-11-16-8-6-5-7-9-16/h5-9,14-15,17H,10-13H2,1-4H3/t17-/m1/s1. The second kappa shape index (κ2) is 11.6. The Hall–Kier alpha value is 0.0200. The monoisotopic (exact) mass is 470 g/mol. The van der Waals surface area contributed by atoms with Gasteiger partial charge in [0.15, 0.2) is 0 Å². The van der Waals surface area contributed by atoms with E-state index >= 15 is 0 Å². The molecule has 0 aliphatic rings. The van der Waals surface area contributed by atoms with Crippen LogP contribution >= 0.6 is 30.2 Å². The Morgan fingerprint density at radius 3 is 2.12 bits per heavy atom. The van der Waals surface area contributed by atoms with Gasteiger partial charge in [-0.15, -0.1) is 0 Å². The number of halogens is 1. The molecule has 0 fully saturated rings. The van der Waals surface area contributed by atoms with E-state index in [1.165, 1.54) is 0 Å². The van der Waals surface area contributed by atoms with Crippen molar-refractivity contribution >= 4 is 30.2 Å². The van der Waals surface area contributed by atoms with E-state index in [1.54, 1.807) is 0 Å². The van der Waals surface area contributed by atoms with Gasteiger partial charge in [0.05, 0.1) is 31.5 Å². The van der Waals surface area contributed by atoms with Crippen molar-refractivity contribution < 1.29 is 23.1 Å².